The van der Waals surface area contributed by atoms with Crippen LogP contribution in [0.25, 0.3) is 0 Å². The monoisotopic (exact) mass is 196 g/mol. The smallest absolute Gasteiger partial charge is 0.0794 e. The lowest BCUT2D eigenvalue weighted by atomic mass is 10.1. The van der Waals surface area contributed by atoms with Gasteiger partial charge < -0.3 is 5.32 Å². The Kier molecular flexibility index (Phi) is 4.12. The standard InChI is InChI=1S/C10H16N2S/c1-4-5-12-10(8(2)3)9-6-11-7-13-9/h6-7,10,12H,2,4-5H2,1,3H3. The Morgan fingerprint density at radius 3 is 3.00 bits per heavy atom. The van der Waals surface area contributed by atoms with E-state index >= 15 is 0 Å². The van der Waals surface area contributed by atoms with Gasteiger partial charge in [-0.15, -0.1) is 11.3 Å². The predicted molar refractivity (Wildman–Crippen MR) is 58.0 cm³/mol. The fourth-order valence-corrected chi connectivity index (χ4v) is 1.96. The van der Waals surface area contributed by atoms with Gasteiger partial charge in [0.2, 0.25) is 0 Å². The van der Waals surface area contributed by atoms with Crippen molar-refractivity contribution < 1.29 is 0 Å². The molecule has 0 aliphatic carbocycles. The van der Waals surface area contributed by atoms with E-state index in [2.05, 4.69) is 23.8 Å². The fourth-order valence-electron chi connectivity index (χ4n) is 1.17. The fraction of sp³-hybridized carbons (Fsp3) is 0.500. The van der Waals surface area contributed by atoms with E-state index in [4.69, 9.17) is 0 Å². The molecule has 0 aliphatic heterocycles. The van der Waals surface area contributed by atoms with Crippen LogP contribution in [0.3, 0.4) is 0 Å². The predicted octanol–water partition coefficient (Wildman–Crippen LogP) is 2.76. The number of nitrogens with zero attached hydrogens (tertiary/aromatic N) is 1. The maximum Gasteiger partial charge on any atom is 0.0794 e. The molecule has 0 saturated carbocycles. The van der Waals surface area contributed by atoms with Crippen molar-refractivity contribution in [2.45, 2.75) is 26.3 Å². The number of aromatic nitrogens is 1. The Morgan fingerprint density at radius 1 is 1.77 bits per heavy atom. The van der Waals surface area contributed by atoms with Gasteiger partial charge in [-0.25, -0.2) is 0 Å². The van der Waals surface area contributed by atoms with Gasteiger partial charge in [0.05, 0.1) is 11.6 Å². The SMILES string of the molecule is C=C(C)C(NCCC)c1cncs1. The van der Waals surface area contributed by atoms with E-state index in [-0.39, 0.29) is 6.04 Å². The molecule has 1 aromatic heterocycles. The van der Waals surface area contributed by atoms with E-state index < -0.39 is 0 Å². The molecule has 0 aliphatic rings. The van der Waals surface area contributed by atoms with Crippen molar-refractivity contribution >= 4 is 11.3 Å². The molecule has 13 heavy (non-hydrogen) atoms. The van der Waals surface area contributed by atoms with Crippen LogP contribution in [-0.4, -0.2) is 11.5 Å². The molecular weight excluding hydrogens is 180 g/mol. The van der Waals surface area contributed by atoms with E-state index in [1.54, 1.807) is 11.3 Å². The Labute approximate surface area is 83.7 Å². The third-order valence-corrected chi connectivity index (χ3v) is 2.67. The number of nitrogens with one attached hydrogen (secondary N) is 1. The normalized spacial score (nSPS) is 12.8. The van der Waals surface area contributed by atoms with Crippen molar-refractivity contribution in [3.63, 3.8) is 0 Å². The molecule has 72 valence electrons. The summed E-state index contributed by atoms with van der Waals surface area (Å²) in [6.07, 6.45) is 3.05. The zero-order chi connectivity index (χ0) is 9.68. The molecule has 0 saturated heterocycles. The molecule has 2 nitrogen and oxygen atoms in total. The van der Waals surface area contributed by atoms with Gasteiger partial charge in [0.1, 0.15) is 0 Å². The summed E-state index contributed by atoms with van der Waals surface area (Å²) in [5.41, 5.74) is 3.01. The minimum Gasteiger partial charge on any atom is -0.306 e. The van der Waals surface area contributed by atoms with E-state index in [0.717, 1.165) is 18.5 Å². The van der Waals surface area contributed by atoms with Crippen LogP contribution in [0.2, 0.25) is 0 Å². The lowest BCUT2D eigenvalue weighted by molar-refractivity contribution is 0.597. The first-order chi connectivity index (χ1) is 6.25. The van der Waals surface area contributed by atoms with Crippen molar-refractivity contribution in [2.24, 2.45) is 0 Å². The molecule has 1 atom stereocenters. The second-order valence-corrected chi connectivity index (χ2v) is 4.06. The molecule has 1 aromatic rings. The molecule has 3 heteroatoms. The first-order valence-corrected chi connectivity index (χ1v) is 5.40. The Morgan fingerprint density at radius 2 is 2.54 bits per heavy atom. The van der Waals surface area contributed by atoms with Crippen LogP contribution in [0.5, 0.6) is 0 Å². The minimum absolute atomic E-state index is 0.285. The molecule has 1 heterocycles. The molecule has 0 bridgehead atoms. The van der Waals surface area contributed by atoms with Gasteiger partial charge >= 0.3 is 0 Å². The highest BCUT2D eigenvalue weighted by molar-refractivity contribution is 7.09. The Bertz CT molecular complexity index is 254. The van der Waals surface area contributed by atoms with E-state index in [1.165, 1.54) is 4.88 Å². The third kappa shape index (κ3) is 2.94. The van der Waals surface area contributed by atoms with E-state index in [9.17, 15) is 0 Å². The second kappa shape index (κ2) is 5.14. The van der Waals surface area contributed by atoms with Crippen molar-refractivity contribution in [1.82, 2.24) is 10.3 Å². The summed E-state index contributed by atoms with van der Waals surface area (Å²) >= 11 is 1.68. The Balaban J connectivity index is 2.63. The lowest BCUT2D eigenvalue weighted by Crippen LogP contribution is -2.21. The number of thiazole rings is 1. The second-order valence-electron chi connectivity index (χ2n) is 3.14. The van der Waals surface area contributed by atoms with Gasteiger partial charge in [-0.3, -0.25) is 4.98 Å². The molecule has 0 fully saturated rings. The Hall–Kier alpha value is -0.670. The molecule has 0 aromatic carbocycles. The highest BCUT2D eigenvalue weighted by Crippen LogP contribution is 2.22. The zero-order valence-corrected chi connectivity index (χ0v) is 9.03. The minimum atomic E-state index is 0.285. The van der Waals surface area contributed by atoms with Crippen molar-refractivity contribution in [2.75, 3.05) is 6.54 Å². The summed E-state index contributed by atoms with van der Waals surface area (Å²) in [5.74, 6) is 0. The van der Waals surface area contributed by atoms with Crippen molar-refractivity contribution in [3.8, 4) is 0 Å². The van der Waals surface area contributed by atoms with Crippen LogP contribution in [0.15, 0.2) is 23.9 Å². The largest absolute Gasteiger partial charge is 0.306 e. The van der Waals surface area contributed by atoms with Crippen molar-refractivity contribution in [3.05, 3.63) is 28.7 Å². The molecule has 1 rings (SSSR count). The maximum absolute atomic E-state index is 4.07. The summed E-state index contributed by atoms with van der Waals surface area (Å²) in [6.45, 7) is 9.21. The van der Waals surface area contributed by atoms with Crippen molar-refractivity contribution in [1.29, 1.82) is 0 Å². The van der Waals surface area contributed by atoms with E-state index in [0.29, 0.717) is 0 Å². The average molecular weight is 196 g/mol. The first kappa shape index (κ1) is 10.4. The lowest BCUT2D eigenvalue weighted by Gasteiger charge is -2.16. The van der Waals surface area contributed by atoms with Gasteiger partial charge in [-0.05, 0) is 19.9 Å². The molecule has 0 amide bonds. The summed E-state index contributed by atoms with van der Waals surface area (Å²) in [5, 5.41) is 3.44. The van der Waals surface area contributed by atoms with Gasteiger partial charge in [-0.1, -0.05) is 19.1 Å². The molecule has 0 spiro atoms. The van der Waals surface area contributed by atoms with Crippen LogP contribution in [0.1, 0.15) is 31.2 Å². The summed E-state index contributed by atoms with van der Waals surface area (Å²) in [4.78, 5) is 5.32. The molecule has 1 N–H and O–H groups in total. The van der Waals surface area contributed by atoms with Gasteiger partial charge in [-0.2, -0.15) is 0 Å². The van der Waals surface area contributed by atoms with Gasteiger partial charge in [0, 0.05) is 11.1 Å². The highest BCUT2D eigenvalue weighted by atomic mass is 32.1. The topological polar surface area (TPSA) is 24.9 Å². The van der Waals surface area contributed by atoms with Crippen LogP contribution in [-0.2, 0) is 0 Å². The molecule has 0 radical (unpaired) electrons. The maximum atomic E-state index is 4.07. The summed E-state index contributed by atoms with van der Waals surface area (Å²) < 4.78 is 0. The summed E-state index contributed by atoms with van der Waals surface area (Å²) in [7, 11) is 0. The molecular formula is C10H16N2S. The summed E-state index contributed by atoms with van der Waals surface area (Å²) in [6, 6.07) is 0.285. The first-order valence-electron chi connectivity index (χ1n) is 4.53. The number of hydrogen-bond acceptors (Lipinski definition) is 3. The average Bonchev–Trinajstić information content (AvgIpc) is 2.57. The number of hydrogen-bond donors (Lipinski definition) is 1. The van der Waals surface area contributed by atoms with Crippen LogP contribution < -0.4 is 5.32 Å². The van der Waals surface area contributed by atoms with Crippen LogP contribution >= 0.6 is 11.3 Å². The van der Waals surface area contributed by atoms with E-state index in [1.807, 2.05) is 18.6 Å². The van der Waals surface area contributed by atoms with Gasteiger partial charge in [0.15, 0.2) is 0 Å². The van der Waals surface area contributed by atoms with Gasteiger partial charge in [0.25, 0.3) is 0 Å². The number of rotatable bonds is 5. The molecule has 1 unspecified atom stereocenters. The zero-order valence-electron chi connectivity index (χ0n) is 8.21. The van der Waals surface area contributed by atoms with Crippen LogP contribution in [0, 0.1) is 0 Å². The highest BCUT2D eigenvalue weighted by Gasteiger charge is 2.11. The quantitative estimate of drug-likeness (QED) is 0.732. The van der Waals surface area contributed by atoms with Crippen LogP contribution in [0.4, 0.5) is 0 Å². The third-order valence-electron chi connectivity index (χ3n) is 1.83.